The summed E-state index contributed by atoms with van der Waals surface area (Å²) in [4.78, 5) is 37.8. The zero-order valence-electron chi connectivity index (χ0n) is 58.8. The van der Waals surface area contributed by atoms with E-state index in [0.29, 0.717) is 35.2 Å². The van der Waals surface area contributed by atoms with E-state index in [1.807, 2.05) is 41.7 Å². The third kappa shape index (κ3) is 10.5. The van der Waals surface area contributed by atoms with Crippen LogP contribution in [0.3, 0.4) is 0 Å². The van der Waals surface area contributed by atoms with Crippen molar-refractivity contribution < 1.29 is 0 Å². The SMILES string of the molecule is Cc1ccc(-c2nc(-c3ccccc3)nc(-n3c4ccccc4c4cc5c(cc43)-c3cccc4ccc(-c6ccc7cccc8c7c6-c6ccc7c9ccccc9n(-c9nc(-c%10cc(-c%11ccccc%11)cc(-c%11ccccc%11)c%10)nc(-c%10cc(-c%11ccccc%11)cc(-c%11ccccc%11)c%10)n9)c7c6S8)c(c34)S5)n2)cc1. The van der Waals surface area contributed by atoms with E-state index < -0.39 is 0 Å². The molecule has 22 rings (SSSR count). The molecule has 508 valence electrons. The molecule has 0 saturated carbocycles. The second kappa shape index (κ2) is 25.3. The Kier molecular flexibility index (Phi) is 14.5. The topological polar surface area (TPSA) is 87.2 Å². The molecule has 2 aliphatic heterocycles. The lowest BCUT2D eigenvalue weighted by atomic mass is 9.87. The Bertz CT molecular complexity index is 6880. The van der Waals surface area contributed by atoms with E-state index in [4.69, 9.17) is 29.9 Å². The molecule has 0 atom stereocenters. The third-order valence-corrected chi connectivity index (χ3v) is 24.0. The average Bonchev–Trinajstić information content (AvgIpc) is 1.70. The van der Waals surface area contributed by atoms with Gasteiger partial charge < -0.3 is 0 Å². The summed E-state index contributed by atoms with van der Waals surface area (Å²) >= 11 is 3.71. The fraction of sp³-hybridized carbons (Fsp3) is 0.0101. The van der Waals surface area contributed by atoms with Crippen LogP contribution in [0.25, 0.3) is 200 Å². The number of fused-ring (bicyclic) bond motifs is 11. The molecule has 6 heterocycles. The first-order valence-electron chi connectivity index (χ1n) is 36.7. The van der Waals surface area contributed by atoms with E-state index in [2.05, 4.69) is 344 Å². The van der Waals surface area contributed by atoms with Gasteiger partial charge in [-0.15, -0.1) is 0 Å². The normalized spacial score (nSPS) is 12.2. The van der Waals surface area contributed by atoms with E-state index in [1.165, 1.54) is 64.0 Å². The van der Waals surface area contributed by atoms with Gasteiger partial charge in [0.15, 0.2) is 23.3 Å². The molecule has 10 heteroatoms. The number of hydrogen-bond acceptors (Lipinski definition) is 8. The van der Waals surface area contributed by atoms with E-state index >= 15 is 0 Å². The number of benzene rings is 16. The highest BCUT2D eigenvalue weighted by Crippen LogP contribution is 2.59. The van der Waals surface area contributed by atoms with E-state index in [0.717, 1.165) is 126 Å². The van der Waals surface area contributed by atoms with E-state index in [1.54, 1.807) is 0 Å². The molecule has 0 radical (unpaired) electrons. The zero-order valence-corrected chi connectivity index (χ0v) is 60.4. The molecule has 4 aromatic heterocycles. The van der Waals surface area contributed by atoms with Crippen molar-refractivity contribution in [2.75, 3.05) is 0 Å². The van der Waals surface area contributed by atoms with Gasteiger partial charge in [0.05, 0.1) is 22.1 Å². The van der Waals surface area contributed by atoms with Crippen molar-refractivity contribution in [3.8, 4) is 135 Å². The van der Waals surface area contributed by atoms with Crippen molar-refractivity contribution in [2.45, 2.75) is 26.5 Å². The summed E-state index contributed by atoms with van der Waals surface area (Å²) in [6.07, 6.45) is 0. The van der Waals surface area contributed by atoms with Gasteiger partial charge in [0.2, 0.25) is 11.9 Å². The highest BCUT2D eigenvalue weighted by molar-refractivity contribution is 8.00. The van der Waals surface area contributed by atoms with E-state index in [9.17, 15) is 0 Å². The summed E-state index contributed by atoms with van der Waals surface area (Å²) in [6.45, 7) is 2.10. The largest absolute Gasteiger partial charge is 0.278 e. The highest BCUT2D eigenvalue weighted by Gasteiger charge is 2.32. The number of rotatable bonds is 11. The molecule has 16 aromatic carbocycles. The minimum atomic E-state index is 0.520. The Morgan fingerprint density at radius 3 is 1.25 bits per heavy atom. The Morgan fingerprint density at radius 1 is 0.239 bits per heavy atom. The number of para-hydroxylation sites is 2. The quantitative estimate of drug-likeness (QED) is 0.127. The number of hydrogen-bond donors (Lipinski definition) is 0. The molecule has 2 aliphatic rings. The van der Waals surface area contributed by atoms with Crippen LogP contribution in [0.1, 0.15) is 5.56 Å². The predicted molar refractivity (Wildman–Crippen MR) is 450 cm³/mol. The molecule has 109 heavy (non-hydrogen) atoms. The maximum Gasteiger partial charge on any atom is 0.238 e. The van der Waals surface area contributed by atoms with Crippen LogP contribution in [0.15, 0.2) is 365 Å². The van der Waals surface area contributed by atoms with Gasteiger partial charge in [-0.25, -0.2) is 9.97 Å². The molecule has 8 nitrogen and oxygen atoms in total. The van der Waals surface area contributed by atoms with Crippen LogP contribution in [0.4, 0.5) is 0 Å². The van der Waals surface area contributed by atoms with Crippen LogP contribution < -0.4 is 0 Å². The zero-order chi connectivity index (χ0) is 71.8. The summed E-state index contributed by atoms with van der Waals surface area (Å²) in [7, 11) is 0. The van der Waals surface area contributed by atoms with Crippen LogP contribution in [-0.2, 0) is 0 Å². The van der Waals surface area contributed by atoms with Crippen LogP contribution >= 0.6 is 23.5 Å². The van der Waals surface area contributed by atoms with Gasteiger partial charge in [0.25, 0.3) is 0 Å². The summed E-state index contributed by atoms with van der Waals surface area (Å²) in [5.74, 6) is 3.44. The van der Waals surface area contributed by atoms with Gasteiger partial charge >= 0.3 is 0 Å². The lowest BCUT2D eigenvalue weighted by molar-refractivity contribution is 0.949. The van der Waals surface area contributed by atoms with Crippen LogP contribution in [0, 0.1) is 6.92 Å². The van der Waals surface area contributed by atoms with Crippen molar-refractivity contribution in [3.05, 3.63) is 351 Å². The molecule has 20 aromatic rings. The summed E-state index contributed by atoms with van der Waals surface area (Å²) < 4.78 is 4.58. The monoisotopic (exact) mass is 1420 g/mol. The molecule has 0 aliphatic carbocycles. The standard InChI is InChI=1S/C99H60N8S2/c1-59-41-43-67(44-42-59)95-100-94(66-31-15-6-16-32-66)102-98(103-95)106-83-38-19-18-36-75(83)81-58-87-82(57-85(81)106)76-37-21-33-64-46-48-79(92(109-87)88(64)76)77-47-45-65-34-22-40-86-89(65)90(77)80-50-49-78-74-35-17-20-39-84(74)107(91(78)93(80)108-86)99-104-96(72-53-68(60-23-7-2-8-24-60)51-69(54-72)61-25-9-3-10-26-61)101-97(105-99)73-55-70(62-27-11-4-12-28-62)52-71(56-73)63-29-13-5-14-30-63/h2-58H,1H3. The van der Waals surface area contributed by atoms with Gasteiger partial charge in [0, 0.05) is 74.2 Å². The van der Waals surface area contributed by atoms with Crippen LogP contribution in [0.2, 0.25) is 0 Å². The molecule has 0 spiro atoms. The molecule has 0 fully saturated rings. The maximum absolute atomic E-state index is 5.79. The number of nitrogens with zero attached hydrogens (tertiary/aromatic N) is 8. The molecule has 0 amide bonds. The minimum absolute atomic E-state index is 0.520. The first-order valence-corrected chi connectivity index (χ1v) is 38.3. The van der Waals surface area contributed by atoms with Crippen molar-refractivity contribution in [1.29, 1.82) is 0 Å². The van der Waals surface area contributed by atoms with Gasteiger partial charge in [-0.3, -0.25) is 9.13 Å². The summed E-state index contributed by atoms with van der Waals surface area (Å²) in [5, 5.41) is 9.29. The number of aromatic nitrogens is 8. The Morgan fingerprint density at radius 2 is 0.679 bits per heavy atom. The second-order valence-electron chi connectivity index (χ2n) is 28.2. The van der Waals surface area contributed by atoms with Gasteiger partial charge in [-0.05, 0) is 162 Å². The maximum atomic E-state index is 5.79. The van der Waals surface area contributed by atoms with Gasteiger partial charge in [-0.1, -0.05) is 308 Å². The smallest absolute Gasteiger partial charge is 0.238 e. The first-order chi connectivity index (χ1) is 53.9. The Balaban J connectivity index is 0.757. The summed E-state index contributed by atoms with van der Waals surface area (Å²) in [5.41, 5.74) is 24.5. The Hall–Kier alpha value is -13.6. The first kappa shape index (κ1) is 62.7. The molecule has 0 bridgehead atoms. The van der Waals surface area contributed by atoms with Crippen molar-refractivity contribution in [3.63, 3.8) is 0 Å². The lowest BCUT2D eigenvalue weighted by Gasteiger charge is -2.27. The van der Waals surface area contributed by atoms with Crippen LogP contribution in [0.5, 0.6) is 0 Å². The molecular formula is C99H60N8S2. The van der Waals surface area contributed by atoms with Crippen molar-refractivity contribution in [2.24, 2.45) is 0 Å². The molecule has 0 unspecified atom stereocenters. The van der Waals surface area contributed by atoms with Crippen molar-refractivity contribution >= 4 is 88.7 Å². The predicted octanol–water partition coefficient (Wildman–Crippen LogP) is 26.1. The molecular weight excluding hydrogens is 1370 g/mol. The minimum Gasteiger partial charge on any atom is -0.278 e. The fourth-order valence-corrected chi connectivity index (χ4v) is 19.1. The van der Waals surface area contributed by atoms with Gasteiger partial charge in [0.1, 0.15) is 0 Å². The fourth-order valence-electron chi connectivity index (χ4n) is 16.5. The highest BCUT2D eigenvalue weighted by atomic mass is 32.2. The third-order valence-electron chi connectivity index (χ3n) is 21.6. The Labute approximate surface area is 636 Å². The average molecular weight is 1430 g/mol. The number of aryl methyl sites for hydroxylation is 1. The molecule has 0 saturated heterocycles. The van der Waals surface area contributed by atoms with Crippen molar-refractivity contribution in [1.82, 2.24) is 39.0 Å². The second-order valence-corrected chi connectivity index (χ2v) is 30.3. The summed E-state index contributed by atoms with van der Waals surface area (Å²) in [6, 6.07) is 125. The van der Waals surface area contributed by atoms with Gasteiger partial charge in [-0.2, -0.15) is 19.9 Å². The lowest BCUT2D eigenvalue weighted by Crippen LogP contribution is -2.08. The van der Waals surface area contributed by atoms with Crippen LogP contribution in [-0.4, -0.2) is 39.0 Å². The van der Waals surface area contributed by atoms with E-state index in [-0.39, 0.29) is 0 Å². The molecule has 0 N–H and O–H groups in total.